The molecule has 1 N–H and O–H groups in total. The van der Waals surface area contributed by atoms with Gasteiger partial charge in [-0.3, -0.25) is 10.1 Å². The number of anilines is 2. The van der Waals surface area contributed by atoms with Crippen LogP contribution in [0.1, 0.15) is 11.1 Å². The highest BCUT2D eigenvalue weighted by molar-refractivity contribution is 5.55. The van der Waals surface area contributed by atoms with Crippen molar-refractivity contribution < 1.29 is 4.92 Å². The van der Waals surface area contributed by atoms with Crippen molar-refractivity contribution in [2.75, 3.05) is 24.3 Å². The Morgan fingerprint density at radius 1 is 1.14 bits per heavy atom. The maximum absolute atomic E-state index is 10.9. The van der Waals surface area contributed by atoms with E-state index in [9.17, 15) is 10.1 Å². The Bertz CT molecular complexity index is 636. The van der Waals surface area contributed by atoms with Crippen LogP contribution in [0, 0.1) is 17.0 Å². The summed E-state index contributed by atoms with van der Waals surface area (Å²) in [7, 11) is 4.00. The molecule has 0 spiro atoms. The third-order valence-corrected chi connectivity index (χ3v) is 3.36. The minimum Gasteiger partial charge on any atom is -0.381 e. The van der Waals surface area contributed by atoms with E-state index < -0.39 is 0 Å². The molecule has 2 aromatic carbocycles. The van der Waals surface area contributed by atoms with Gasteiger partial charge < -0.3 is 10.2 Å². The van der Waals surface area contributed by atoms with Crippen LogP contribution in [0.25, 0.3) is 0 Å². The zero-order valence-corrected chi connectivity index (χ0v) is 12.5. The third-order valence-electron chi connectivity index (χ3n) is 3.36. The Morgan fingerprint density at radius 2 is 1.81 bits per heavy atom. The summed E-state index contributed by atoms with van der Waals surface area (Å²) in [6.07, 6.45) is 0. The molecule has 110 valence electrons. The highest BCUT2D eigenvalue weighted by atomic mass is 16.6. The minimum absolute atomic E-state index is 0.142. The van der Waals surface area contributed by atoms with Gasteiger partial charge in [0.2, 0.25) is 0 Å². The molecule has 0 aliphatic carbocycles. The summed E-state index contributed by atoms with van der Waals surface area (Å²) in [5, 5.41) is 14.1. The van der Waals surface area contributed by atoms with Crippen LogP contribution in [-0.2, 0) is 6.54 Å². The first-order valence-corrected chi connectivity index (χ1v) is 6.72. The maximum atomic E-state index is 10.9. The molecule has 0 atom stereocenters. The van der Waals surface area contributed by atoms with Crippen molar-refractivity contribution in [2.45, 2.75) is 13.5 Å². The van der Waals surface area contributed by atoms with Gasteiger partial charge in [0.15, 0.2) is 0 Å². The van der Waals surface area contributed by atoms with Crippen molar-refractivity contribution in [2.24, 2.45) is 0 Å². The van der Waals surface area contributed by atoms with Gasteiger partial charge >= 0.3 is 0 Å². The van der Waals surface area contributed by atoms with E-state index in [1.54, 1.807) is 19.1 Å². The van der Waals surface area contributed by atoms with Gasteiger partial charge in [-0.15, -0.1) is 0 Å². The van der Waals surface area contributed by atoms with Crippen molar-refractivity contribution in [1.29, 1.82) is 0 Å². The largest absolute Gasteiger partial charge is 0.381 e. The first-order valence-electron chi connectivity index (χ1n) is 6.72. The van der Waals surface area contributed by atoms with Crippen LogP contribution in [0.3, 0.4) is 0 Å². The minimum atomic E-state index is -0.355. The number of nitrogens with one attached hydrogen (secondary N) is 1. The standard InChI is InChI=1S/C16H19N3O2/c1-12-4-7-14(10-16(12)19(20)21)17-11-13-5-8-15(9-6-13)18(2)3/h4-10,17H,11H2,1-3H3. The Balaban J connectivity index is 2.06. The van der Waals surface area contributed by atoms with E-state index in [1.807, 2.05) is 37.2 Å². The molecule has 5 heteroatoms. The summed E-state index contributed by atoms with van der Waals surface area (Å²) in [6, 6.07) is 13.4. The van der Waals surface area contributed by atoms with E-state index in [4.69, 9.17) is 0 Å². The molecule has 0 saturated carbocycles. The average Bonchev–Trinajstić information content (AvgIpc) is 2.46. The molecule has 0 unspecified atom stereocenters. The van der Waals surface area contributed by atoms with E-state index in [-0.39, 0.29) is 10.6 Å². The van der Waals surface area contributed by atoms with Gasteiger partial charge in [0.1, 0.15) is 0 Å². The van der Waals surface area contributed by atoms with E-state index >= 15 is 0 Å². The van der Waals surface area contributed by atoms with Gasteiger partial charge in [0.25, 0.3) is 5.69 Å². The lowest BCUT2D eigenvalue weighted by Crippen LogP contribution is -2.08. The van der Waals surface area contributed by atoms with Gasteiger partial charge in [-0.2, -0.15) is 0 Å². The second-order valence-corrected chi connectivity index (χ2v) is 5.17. The van der Waals surface area contributed by atoms with Crippen LogP contribution < -0.4 is 10.2 Å². The predicted molar refractivity (Wildman–Crippen MR) is 85.9 cm³/mol. The van der Waals surface area contributed by atoms with E-state index in [0.717, 1.165) is 16.9 Å². The zero-order valence-electron chi connectivity index (χ0n) is 12.5. The SMILES string of the molecule is Cc1ccc(NCc2ccc(N(C)C)cc2)cc1[N+](=O)[O-]. The lowest BCUT2D eigenvalue weighted by atomic mass is 10.1. The molecule has 0 amide bonds. The second kappa shape index (κ2) is 6.26. The molecule has 0 aliphatic heterocycles. The van der Waals surface area contributed by atoms with E-state index in [2.05, 4.69) is 17.4 Å². The second-order valence-electron chi connectivity index (χ2n) is 5.17. The summed E-state index contributed by atoms with van der Waals surface area (Å²) in [4.78, 5) is 12.6. The fraction of sp³-hybridized carbons (Fsp3) is 0.250. The summed E-state index contributed by atoms with van der Waals surface area (Å²) >= 11 is 0. The number of hydrogen-bond acceptors (Lipinski definition) is 4. The normalized spacial score (nSPS) is 10.2. The van der Waals surface area contributed by atoms with Gasteiger partial charge in [-0.25, -0.2) is 0 Å². The van der Waals surface area contributed by atoms with Crippen molar-refractivity contribution in [3.63, 3.8) is 0 Å². The highest BCUT2D eigenvalue weighted by Gasteiger charge is 2.10. The maximum Gasteiger partial charge on any atom is 0.274 e. The summed E-state index contributed by atoms with van der Waals surface area (Å²) in [5.41, 5.74) is 3.83. The van der Waals surface area contributed by atoms with Gasteiger partial charge in [0, 0.05) is 43.6 Å². The number of rotatable bonds is 5. The molecule has 2 aromatic rings. The molecule has 0 saturated heterocycles. The smallest absolute Gasteiger partial charge is 0.274 e. The van der Waals surface area contributed by atoms with Gasteiger partial charge in [-0.05, 0) is 30.7 Å². The first-order chi connectivity index (χ1) is 9.97. The summed E-state index contributed by atoms with van der Waals surface area (Å²) < 4.78 is 0. The lowest BCUT2D eigenvalue weighted by molar-refractivity contribution is -0.385. The van der Waals surface area contributed by atoms with Crippen molar-refractivity contribution in [3.05, 3.63) is 63.7 Å². The number of nitrogens with zero attached hydrogens (tertiary/aromatic N) is 2. The van der Waals surface area contributed by atoms with Gasteiger partial charge in [0.05, 0.1) is 4.92 Å². The van der Waals surface area contributed by atoms with Crippen LogP contribution in [0.5, 0.6) is 0 Å². The summed E-state index contributed by atoms with van der Waals surface area (Å²) in [6.45, 7) is 2.37. The lowest BCUT2D eigenvalue weighted by Gasteiger charge is -2.13. The number of nitro groups is 1. The Morgan fingerprint density at radius 3 is 2.38 bits per heavy atom. The number of hydrogen-bond donors (Lipinski definition) is 1. The molecule has 5 nitrogen and oxygen atoms in total. The quantitative estimate of drug-likeness (QED) is 0.674. The topological polar surface area (TPSA) is 58.4 Å². The fourth-order valence-electron chi connectivity index (χ4n) is 2.03. The van der Waals surface area contributed by atoms with Crippen LogP contribution in [0.2, 0.25) is 0 Å². The molecule has 21 heavy (non-hydrogen) atoms. The molecule has 2 rings (SSSR count). The molecule has 0 aromatic heterocycles. The van der Waals surface area contributed by atoms with Crippen molar-refractivity contribution in [1.82, 2.24) is 0 Å². The van der Waals surface area contributed by atoms with Crippen LogP contribution >= 0.6 is 0 Å². The predicted octanol–water partition coefficient (Wildman–Crippen LogP) is 3.58. The monoisotopic (exact) mass is 285 g/mol. The first kappa shape index (κ1) is 14.8. The van der Waals surface area contributed by atoms with Gasteiger partial charge in [-0.1, -0.05) is 18.2 Å². The molecule has 0 radical (unpaired) electrons. The molecule has 0 fully saturated rings. The van der Waals surface area contributed by atoms with Crippen LogP contribution in [-0.4, -0.2) is 19.0 Å². The van der Waals surface area contributed by atoms with Crippen LogP contribution in [0.15, 0.2) is 42.5 Å². The van der Waals surface area contributed by atoms with E-state index in [0.29, 0.717) is 12.1 Å². The molecule has 0 heterocycles. The summed E-state index contributed by atoms with van der Waals surface area (Å²) in [5.74, 6) is 0. The van der Waals surface area contributed by atoms with E-state index in [1.165, 1.54) is 0 Å². The zero-order chi connectivity index (χ0) is 15.4. The van der Waals surface area contributed by atoms with Crippen molar-refractivity contribution in [3.8, 4) is 0 Å². The number of benzene rings is 2. The number of aryl methyl sites for hydroxylation is 1. The fourth-order valence-corrected chi connectivity index (χ4v) is 2.03. The van der Waals surface area contributed by atoms with Crippen molar-refractivity contribution >= 4 is 17.1 Å². The Hall–Kier alpha value is -2.56. The average molecular weight is 285 g/mol. The highest BCUT2D eigenvalue weighted by Crippen LogP contribution is 2.23. The molecule has 0 aliphatic rings. The molecule has 0 bridgehead atoms. The third kappa shape index (κ3) is 3.72. The number of nitro benzene ring substituents is 1. The molecular weight excluding hydrogens is 266 g/mol. The van der Waals surface area contributed by atoms with Crippen LogP contribution in [0.4, 0.5) is 17.1 Å². The Labute approximate surface area is 124 Å². The molecular formula is C16H19N3O2. The Kier molecular flexibility index (Phi) is 4.42.